The van der Waals surface area contributed by atoms with Crippen LogP contribution in [0.5, 0.6) is 5.75 Å². The Kier molecular flexibility index (Phi) is 3.95. The van der Waals surface area contributed by atoms with Crippen LogP contribution < -0.4 is 10.1 Å². The molecule has 1 aliphatic carbocycles. The number of hydrogen-bond donors (Lipinski definition) is 1. The van der Waals surface area contributed by atoms with Crippen LogP contribution in [0.4, 0.5) is 0 Å². The van der Waals surface area contributed by atoms with Gasteiger partial charge >= 0.3 is 0 Å². The molecule has 0 saturated heterocycles. The molecule has 0 aliphatic heterocycles. The van der Waals surface area contributed by atoms with Crippen LogP contribution in [0, 0.1) is 0 Å². The van der Waals surface area contributed by atoms with Gasteiger partial charge < -0.3 is 14.5 Å². The number of amides is 1. The minimum atomic E-state index is -0.0556. The smallest absolute Gasteiger partial charge is 0.244 e. The highest BCUT2D eigenvalue weighted by Gasteiger charge is 2.15. The van der Waals surface area contributed by atoms with Gasteiger partial charge in [0.2, 0.25) is 5.91 Å². The van der Waals surface area contributed by atoms with E-state index in [1.54, 1.807) is 13.2 Å². The maximum absolute atomic E-state index is 11.8. The molecular formula is C17H19NO3. The third kappa shape index (κ3) is 3.27. The summed E-state index contributed by atoms with van der Waals surface area (Å²) in [6, 6.07) is 7.87. The van der Waals surface area contributed by atoms with Crippen molar-refractivity contribution in [2.45, 2.75) is 31.7 Å². The van der Waals surface area contributed by atoms with Gasteiger partial charge in [0.15, 0.2) is 0 Å². The van der Waals surface area contributed by atoms with Crippen LogP contribution in [0.25, 0.3) is 17.0 Å². The molecule has 0 spiro atoms. The molecule has 110 valence electrons. The number of methoxy groups -OCH3 is 1. The normalized spacial score (nSPS) is 15.9. The highest BCUT2D eigenvalue weighted by molar-refractivity contribution is 5.92. The Morgan fingerprint density at radius 3 is 2.90 bits per heavy atom. The minimum Gasteiger partial charge on any atom is -0.497 e. The molecule has 2 aromatic rings. The first-order valence-electron chi connectivity index (χ1n) is 7.31. The number of nitrogens with one attached hydrogen (secondary N) is 1. The molecule has 1 saturated carbocycles. The number of carbonyl (C=O) groups is 1. The fourth-order valence-electron chi connectivity index (χ4n) is 2.73. The van der Waals surface area contributed by atoms with E-state index in [-0.39, 0.29) is 5.91 Å². The summed E-state index contributed by atoms with van der Waals surface area (Å²) in [6.07, 6.45) is 7.83. The van der Waals surface area contributed by atoms with Crippen molar-refractivity contribution in [3.8, 4) is 5.75 Å². The minimum absolute atomic E-state index is 0.0556. The van der Waals surface area contributed by atoms with E-state index in [0.717, 1.165) is 29.6 Å². The van der Waals surface area contributed by atoms with Gasteiger partial charge in [0.05, 0.1) is 7.11 Å². The van der Waals surface area contributed by atoms with Crippen molar-refractivity contribution in [3.05, 3.63) is 36.1 Å². The van der Waals surface area contributed by atoms with Crippen molar-refractivity contribution >= 4 is 23.0 Å². The first-order chi connectivity index (χ1) is 10.2. The maximum Gasteiger partial charge on any atom is 0.244 e. The highest BCUT2D eigenvalue weighted by atomic mass is 16.5. The van der Waals surface area contributed by atoms with Gasteiger partial charge in [-0.25, -0.2) is 0 Å². The van der Waals surface area contributed by atoms with Gasteiger partial charge in [0.1, 0.15) is 17.1 Å². The van der Waals surface area contributed by atoms with Crippen molar-refractivity contribution in [3.63, 3.8) is 0 Å². The second-order valence-electron chi connectivity index (χ2n) is 5.38. The van der Waals surface area contributed by atoms with Gasteiger partial charge in [0, 0.05) is 17.5 Å². The summed E-state index contributed by atoms with van der Waals surface area (Å²) in [5.74, 6) is 1.40. The molecule has 0 radical (unpaired) electrons. The van der Waals surface area contributed by atoms with Gasteiger partial charge in [0.25, 0.3) is 0 Å². The third-order valence-corrected chi connectivity index (χ3v) is 3.84. The molecular weight excluding hydrogens is 266 g/mol. The van der Waals surface area contributed by atoms with Crippen LogP contribution in [0.2, 0.25) is 0 Å². The van der Waals surface area contributed by atoms with Gasteiger partial charge in [-0.05, 0) is 43.2 Å². The Morgan fingerprint density at radius 2 is 2.14 bits per heavy atom. The number of carbonyl (C=O) groups excluding carboxylic acids is 1. The molecule has 1 aliphatic rings. The topological polar surface area (TPSA) is 51.5 Å². The lowest BCUT2D eigenvalue weighted by Gasteiger charge is -2.08. The van der Waals surface area contributed by atoms with E-state index >= 15 is 0 Å². The molecule has 4 heteroatoms. The maximum atomic E-state index is 11.8. The number of furan rings is 1. The second-order valence-corrected chi connectivity index (χ2v) is 5.38. The second kappa shape index (κ2) is 6.04. The third-order valence-electron chi connectivity index (χ3n) is 3.84. The predicted octanol–water partition coefficient (Wildman–Crippen LogP) is 3.51. The molecule has 1 aromatic heterocycles. The zero-order valence-corrected chi connectivity index (χ0v) is 12.1. The van der Waals surface area contributed by atoms with Gasteiger partial charge in [-0.15, -0.1) is 0 Å². The van der Waals surface area contributed by atoms with Crippen LogP contribution in [0.15, 0.2) is 34.8 Å². The summed E-state index contributed by atoms with van der Waals surface area (Å²) in [5, 5.41) is 3.98. The molecule has 1 fully saturated rings. The Hall–Kier alpha value is -2.23. The molecule has 0 atom stereocenters. The molecule has 3 rings (SSSR count). The van der Waals surface area contributed by atoms with Crippen molar-refractivity contribution in [2.75, 3.05) is 7.11 Å². The van der Waals surface area contributed by atoms with Crippen molar-refractivity contribution in [1.82, 2.24) is 5.32 Å². The van der Waals surface area contributed by atoms with E-state index in [4.69, 9.17) is 9.15 Å². The van der Waals surface area contributed by atoms with Crippen molar-refractivity contribution in [1.29, 1.82) is 0 Å². The van der Waals surface area contributed by atoms with Gasteiger partial charge in [-0.2, -0.15) is 0 Å². The lowest BCUT2D eigenvalue weighted by atomic mass is 10.2. The fourth-order valence-corrected chi connectivity index (χ4v) is 2.73. The first kappa shape index (κ1) is 13.7. The summed E-state index contributed by atoms with van der Waals surface area (Å²) in [7, 11) is 1.63. The quantitative estimate of drug-likeness (QED) is 0.874. The highest BCUT2D eigenvalue weighted by Crippen LogP contribution is 2.24. The summed E-state index contributed by atoms with van der Waals surface area (Å²) in [5.41, 5.74) is 0.784. The molecule has 4 nitrogen and oxygen atoms in total. The Bertz CT molecular complexity index is 666. The molecule has 1 heterocycles. The Morgan fingerprint density at radius 1 is 1.33 bits per heavy atom. The number of benzene rings is 1. The summed E-state index contributed by atoms with van der Waals surface area (Å²) >= 11 is 0. The first-order valence-corrected chi connectivity index (χ1v) is 7.31. The number of fused-ring (bicyclic) bond motifs is 1. The number of ether oxygens (including phenoxy) is 1. The lowest BCUT2D eigenvalue weighted by molar-refractivity contribution is -0.117. The molecule has 1 aromatic carbocycles. The van der Waals surface area contributed by atoms with Crippen LogP contribution in [0.1, 0.15) is 31.4 Å². The zero-order chi connectivity index (χ0) is 14.7. The molecule has 1 N–H and O–H groups in total. The van der Waals surface area contributed by atoms with E-state index in [0.29, 0.717) is 11.8 Å². The number of hydrogen-bond acceptors (Lipinski definition) is 3. The Balaban J connectivity index is 1.68. The molecule has 1 amide bonds. The SMILES string of the molecule is COc1ccc2oc(C=CC(=O)NC3CCCC3)cc2c1. The van der Waals surface area contributed by atoms with Crippen LogP contribution >= 0.6 is 0 Å². The van der Waals surface area contributed by atoms with E-state index in [1.165, 1.54) is 18.9 Å². The Labute approximate surface area is 123 Å². The number of rotatable bonds is 4. The average Bonchev–Trinajstić information content (AvgIpc) is 3.12. The van der Waals surface area contributed by atoms with E-state index in [9.17, 15) is 4.79 Å². The van der Waals surface area contributed by atoms with Crippen molar-refractivity contribution < 1.29 is 13.9 Å². The summed E-state index contributed by atoms with van der Waals surface area (Å²) in [4.78, 5) is 11.8. The lowest BCUT2D eigenvalue weighted by Crippen LogP contribution is -2.30. The van der Waals surface area contributed by atoms with E-state index < -0.39 is 0 Å². The molecule has 0 bridgehead atoms. The zero-order valence-electron chi connectivity index (χ0n) is 12.1. The summed E-state index contributed by atoms with van der Waals surface area (Å²) in [6.45, 7) is 0. The van der Waals surface area contributed by atoms with Crippen LogP contribution in [-0.2, 0) is 4.79 Å². The monoisotopic (exact) mass is 285 g/mol. The standard InChI is InChI=1S/C17H19NO3/c1-20-14-6-8-16-12(10-14)11-15(21-16)7-9-17(19)18-13-4-2-3-5-13/h6-11,13H,2-5H2,1H3,(H,18,19). The largest absolute Gasteiger partial charge is 0.497 e. The van der Waals surface area contributed by atoms with Crippen LogP contribution in [0.3, 0.4) is 0 Å². The van der Waals surface area contributed by atoms with E-state index in [2.05, 4.69) is 5.32 Å². The average molecular weight is 285 g/mol. The van der Waals surface area contributed by atoms with Gasteiger partial charge in [-0.1, -0.05) is 12.8 Å². The summed E-state index contributed by atoms with van der Waals surface area (Å²) < 4.78 is 10.8. The van der Waals surface area contributed by atoms with Crippen LogP contribution in [-0.4, -0.2) is 19.1 Å². The molecule has 21 heavy (non-hydrogen) atoms. The predicted molar refractivity (Wildman–Crippen MR) is 82.2 cm³/mol. The van der Waals surface area contributed by atoms with Gasteiger partial charge in [-0.3, -0.25) is 4.79 Å². The molecule has 0 unspecified atom stereocenters. The van der Waals surface area contributed by atoms with Crippen molar-refractivity contribution in [2.24, 2.45) is 0 Å². The fraction of sp³-hybridized carbons (Fsp3) is 0.353. The van der Waals surface area contributed by atoms with E-state index in [1.807, 2.05) is 24.3 Å².